The number of aromatic nitrogens is 1. The number of rotatable bonds is 4. The number of benzene rings is 1. The number of carbonyl (C=O) groups is 1. The topological polar surface area (TPSA) is 108 Å². The molecule has 7 heteroatoms. The number of aliphatic hydroxyl groups is 1. The van der Waals surface area contributed by atoms with Crippen molar-refractivity contribution in [2.45, 2.75) is 26.1 Å². The van der Waals surface area contributed by atoms with Gasteiger partial charge in [0.05, 0.1) is 24.0 Å². The fourth-order valence-electron chi connectivity index (χ4n) is 2.76. The van der Waals surface area contributed by atoms with Gasteiger partial charge in [0.2, 0.25) is 0 Å². The quantitative estimate of drug-likeness (QED) is 0.731. The number of ether oxygens (including phenoxy) is 2. The smallest absolute Gasteiger partial charge is 0.252 e. The van der Waals surface area contributed by atoms with Crippen molar-refractivity contribution in [2.24, 2.45) is 5.73 Å². The first-order valence-electron chi connectivity index (χ1n) is 8.66. The third kappa shape index (κ3) is 4.84. The number of pyridine rings is 1. The van der Waals surface area contributed by atoms with Crippen LogP contribution in [0.1, 0.15) is 28.2 Å². The Labute approximate surface area is 156 Å². The lowest BCUT2D eigenvalue weighted by atomic mass is 10.1. The van der Waals surface area contributed by atoms with Gasteiger partial charge in [0, 0.05) is 18.2 Å². The first-order chi connectivity index (χ1) is 13.0. The molecule has 1 unspecified atom stereocenters. The maximum absolute atomic E-state index is 11.5. The van der Waals surface area contributed by atoms with Crippen LogP contribution >= 0.6 is 0 Å². The van der Waals surface area contributed by atoms with Crippen molar-refractivity contribution in [3.63, 3.8) is 0 Å². The average molecular weight is 370 g/mol. The van der Waals surface area contributed by atoms with Crippen LogP contribution in [-0.4, -0.2) is 35.3 Å². The van der Waals surface area contributed by atoms with Crippen LogP contribution in [0.5, 0.6) is 5.75 Å². The van der Waals surface area contributed by atoms with Gasteiger partial charge in [-0.2, -0.15) is 0 Å². The Balaban J connectivity index is 0.000000299. The van der Waals surface area contributed by atoms with E-state index >= 15 is 0 Å². The first kappa shape index (κ1) is 18.9. The minimum atomic E-state index is -0.506. The Morgan fingerprint density at radius 2 is 2.22 bits per heavy atom. The summed E-state index contributed by atoms with van der Waals surface area (Å²) in [6.07, 6.45) is 2.36. The van der Waals surface area contributed by atoms with E-state index in [9.17, 15) is 4.79 Å². The molecule has 1 fully saturated rings. The van der Waals surface area contributed by atoms with Crippen LogP contribution < -0.4 is 10.5 Å². The number of fused-ring (bicyclic) bond motifs is 1. The third-order valence-electron chi connectivity index (χ3n) is 4.10. The van der Waals surface area contributed by atoms with Gasteiger partial charge in [0.15, 0.2) is 0 Å². The second kappa shape index (κ2) is 8.66. The van der Waals surface area contributed by atoms with E-state index in [0.717, 1.165) is 18.7 Å². The van der Waals surface area contributed by atoms with Crippen LogP contribution in [-0.2, 0) is 11.3 Å². The molecule has 1 aliphatic heterocycles. The molecular weight excluding hydrogens is 348 g/mol. The molecule has 1 atom stereocenters. The number of nitrogens with zero attached hydrogens (tertiary/aromatic N) is 1. The highest BCUT2D eigenvalue weighted by molar-refractivity contribution is 6.06. The number of hydrogen-bond acceptors (Lipinski definition) is 6. The van der Waals surface area contributed by atoms with Gasteiger partial charge in [-0.3, -0.25) is 9.78 Å². The summed E-state index contributed by atoms with van der Waals surface area (Å²) in [5, 5.41) is 9.27. The molecule has 0 spiro atoms. The summed E-state index contributed by atoms with van der Waals surface area (Å²) in [7, 11) is 0. The maximum Gasteiger partial charge on any atom is 0.252 e. The molecule has 3 N–H and O–H groups in total. The van der Waals surface area contributed by atoms with Gasteiger partial charge in [0.1, 0.15) is 23.7 Å². The van der Waals surface area contributed by atoms with Crippen LogP contribution in [0.15, 0.2) is 47.0 Å². The third-order valence-corrected chi connectivity index (χ3v) is 4.10. The minimum Gasteiger partial charge on any atom is -0.487 e. The van der Waals surface area contributed by atoms with E-state index in [1.54, 1.807) is 31.3 Å². The van der Waals surface area contributed by atoms with Crippen LogP contribution in [0.3, 0.4) is 0 Å². The van der Waals surface area contributed by atoms with E-state index in [2.05, 4.69) is 4.98 Å². The monoisotopic (exact) mass is 370 g/mol. The Kier molecular flexibility index (Phi) is 6.05. The van der Waals surface area contributed by atoms with Crippen molar-refractivity contribution in [1.82, 2.24) is 4.98 Å². The second-order valence-corrected chi connectivity index (χ2v) is 6.18. The van der Waals surface area contributed by atoms with Gasteiger partial charge in [0.25, 0.3) is 5.91 Å². The number of hydrogen-bond donors (Lipinski definition) is 2. The molecule has 0 bridgehead atoms. The zero-order chi connectivity index (χ0) is 19.2. The van der Waals surface area contributed by atoms with Crippen molar-refractivity contribution in [1.29, 1.82) is 0 Å². The predicted molar refractivity (Wildman–Crippen MR) is 99.5 cm³/mol. The summed E-state index contributed by atoms with van der Waals surface area (Å²) < 4.78 is 16.0. The summed E-state index contributed by atoms with van der Waals surface area (Å²) in [4.78, 5) is 15.7. The molecule has 3 heterocycles. The number of carbonyl (C=O) groups excluding carboxylic acids is 1. The zero-order valence-corrected chi connectivity index (χ0v) is 15.1. The maximum atomic E-state index is 11.5. The SMILES string of the molecule is Cc1oc2ccc(OCc3ccccn3)cc2c1C(N)=O.OC1CCOC1. The first-order valence-corrected chi connectivity index (χ1v) is 8.66. The summed E-state index contributed by atoms with van der Waals surface area (Å²) in [6, 6.07) is 11.0. The molecule has 0 aliphatic carbocycles. The van der Waals surface area contributed by atoms with E-state index in [1.165, 1.54) is 0 Å². The number of aliphatic hydroxyl groups excluding tert-OH is 1. The van der Waals surface area contributed by atoms with Crippen molar-refractivity contribution in [3.05, 3.63) is 59.6 Å². The molecule has 142 valence electrons. The van der Waals surface area contributed by atoms with Crippen LogP contribution in [0.4, 0.5) is 0 Å². The molecule has 1 aliphatic rings. The highest BCUT2D eigenvalue weighted by Crippen LogP contribution is 2.29. The molecule has 1 amide bonds. The molecule has 3 aromatic rings. The van der Waals surface area contributed by atoms with E-state index in [1.807, 2.05) is 18.2 Å². The molecule has 4 rings (SSSR count). The number of aryl methyl sites for hydroxylation is 1. The number of primary amides is 1. The lowest BCUT2D eigenvalue weighted by Gasteiger charge is -2.05. The number of nitrogens with two attached hydrogens (primary N) is 1. The molecule has 1 aromatic carbocycles. The molecule has 7 nitrogen and oxygen atoms in total. The van der Waals surface area contributed by atoms with Gasteiger partial charge in [-0.15, -0.1) is 0 Å². The average Bonchev–Trinajstić information content (AvgIpc) is 3.26. The van der Waals surface area contributed by atoms with Crippen LogP contribution in [0, 0.1) is 6.92 Å². The molecule has 1 saturated heterocycles. The lowest BCUT2D eigenvalue weighted by Crippen LogP contribution is -2.11. The van der Waals surface area contributed by atoms with Crippen molar-refractivity contribution in [2.75, 3.05) is 13.2 Å². The summed E-state index contributed by atoms with van der Waals surface area (Å²) >= 11 is 0. The number of furan rings is 1. The van der Waals surface area contributed by atoms with Gasteiger partial charge >= 0.3 is 0 Å². The van der Waals surface area contributed by atoms with E-state index < -0.39 is 5.91 Å². The zero-order valence-electron chi connectivity index (χ0n) is 15.1. The van der Waals surface area contributed by atoms with Crippen molar-refractivity contribution in [3.8, 4) is 5.75 Å². The minimum absolute atomic E-state index is 0.176. The fourth-order valence-corrected chi connectivity index (χ4v) is 2.76. The molecule has 0 saturated carbocycles. The second-order valence-electron chi connectivity index (χ2n) is 6.18. The van der Waals surface area contributed by atoms with Crippen molar-refractivity contribution >= 4 is 16.9 Å². The Hall–Kier alpha value is -2.90. The predicted octanol–water partition coefficient (Wildman–Crippen LogP) is 2.58. The Morgan fingerprint density at radius 3 is 2.81 bits per heavy atom. The summed E-state index contributed by atoms with van der Waals surface area (Å²) in [5.74, 6) is 0.643. The molecular formula is C20H22N2O5. The van der Waals surface area contributed by atoms with E-state index in [4.69, 9.17) is 24.7 Å². The summed E-state index contributed by atoms with van der Waals surface area (Å²) in [6.45, 7) is 3.35. The van der Waals surface area contributed by atoms with E-state index in [-0.39, 0.29) is 6.10 Å². The largest absolute Gasteiger partial charge is 0.487 e. The highest BCUT2D eigenvalue weighted by atomic mass is 16.5. The Bertz CT molecular complexity index is 901. The van der Waals surface area contributed by atoms with Gasteiger partial charge < -0.3 is 24.7 Å². The molecule has 27 heavy (non-hydrogen) atoms. The molecule has 2 aromatic heterocycles. The number of amides is 1. The van der Waals surface area contributed by atoms with Gasteiger partial charge in [-0.25, -0.2) is 0 Å². The standard InChI is InChI=1S/C16H14N2O3.C4H8O2/c1-10-15(16(17)19)13-8-12(5-6-14(13)21-10)20-9-11-4-2-3-7-18-11;5-4-1-2-6-3-4/h2-8H,9H2,1H3,(H2,17,19);4-5H,1-3H2. The lowest BCUT2D eigenvalue weighted by molar-refractivity contribution is 0.1000. The fraction of sp³-hybridized carbons (Fsp3) is 0.300. The van der Waals surface area contributed by atoms with Gasteiger partial charge in [-0.1, -0.05) is 6.07 Å². The van der Waals surface area contributed by atoms with Crippen LogP contribution in [0.25, 0.3) is 11.0 Å². The normalized spacial score (nSPS) is 16.0. The molecule has 0 radical (unpaired) electrons. The van der Waals surface area contributed by atoms with Crippen molar-refractivity contribution < 1.29 is 23.8 Å². The highest BCUT2D eigenvalue weighted by Gasteiger charge is 2.16. The summed E-state index contributed by atoms with van der Waals surface area (Å²) in [5.41, 5.74) is 7.23. The van der Waals surface area contributed by atoms with Gasteiger partial charge in [-0.05, 0) is 43.7 Å². The van der Waals surface area contributed by atoms with E-state index in [0.29, 0.717) is 41.3 Å². The Morgan fingerprint density at radius 1 is 1.37 bits per heavy atom. The van der Waals surface area contributed by atoms with Crippen LogP contribution in [0.2, 0.25) is 0 Å².